The fourth-order valence-corrected chi connectivity index (χ4v) is 4.24. The van der Waals surface area contributed by atoms with Crippen LogP contribution in [0.3, 0.4) is 0 Å². The summed E-state index contributed by atoms with van der Waals surface area (Å²) < 4.78 is 0. The number of amides is 1. The van der Waals surface area contributed by atoms with Crippen molar-refractivity contribution in [3.8, 4) is 0 Å². The maximum absolute atomic E-state index is 12.5. The summed E-state index contributed by atoms with van der Waals surface area (Å²) in [6.45, 7) is 5.79. The van der Waals surface area contributed by atoms with E-state index < -0.39 is 0 Å². The number of benzene rings is 2. The smallest absolute Gasteiger partial charge is 0.224 e. The average Bonchev–Trinajstić information content (AvgIpc) is 2.68. The van der Waals surface area contributed by atoms with Crippen LogP contribution >= 0.6 is 11.8 Å². The Morgan fingerprint density at radius 3 is 2.73 bits per heavy atom. The zero-order valence-electron chi connectivity index (χ0n) is 15.5. The largest absolute Gasteiger partial charge is 0.355 e. The van der Waals surface area contributed by atoms with Crippen LogP contribution in [0.25, 0.3) is 0 Å². The van der Waals surface area contributed by atoms with Gasteiger partial charge in [-0.2, -0.15) is 0 Å². The summed E-state index contributed by atoms with van der Waals surface area (Å²) in [6.07, 6.45) is 2.10. The van der Waals surface area contributed by atoms with Gasteiger partial charge in [-0.3, -0.25) is 9.69 Å². The molecule has 1 saturated heterocycles. The highest BCUT2D eigenvalue weighted by Crippen LogP contribution is 2.20. The highest BCUT2D eigenvalue weighted by atomic mass is 32.2. The zero-order chi connectivity index (χ0) is 18.2. The zero-order valence-corrected chi connectivity index (χ0v) is 16.3. The minimum Gasteiger partial charge on any atom is -0.355 e. The van der Waals surface area contributed by atoms with Crippen molar-refractivity contribution in [2.75, 3.05) is 25.4 Å². The predicted octanol–water partition coefficient (Wildman–Crippen LogP) is 4.12. The second-order valence-corrected chi connectivity index (χ2v) is 8.12. The van der Waals surface area contributed by atoms with E-state index in [-0.39, 0.29) is 11.8 Å². The molecule has 0 bridgehead atoms. The molecule has 1 atom stereocenters. The van der Waals surface area contributed by atoms with Crippen LogP contribution in [0, 0.1) is 12.8 Å². The van der Waals surface area contributed by atoms with Gasteiger partial charge in [-0.1, -0.05) is 42.5 Å². The van der Waals surface area contributed by atoms with Crippen LogP contribution in [0.15, 0.2) is 59.5 Å². The molecule has 0 saturated carbocycles. The Morgan fingerprint density at radius 2 is 1.92 bits per heavy atom. The van der Waals surface area contributed by atoms with Gasteiger partial charge in [-0.25, -0.2) is 0 Å². The maximum atomic E-state index is 12.5. The van der Waals surface area contributed by atoms with Crippen molar-refractivity contribution in [2.24, 2.45) is 5.92 Å². The normalized spacial score (nSPS) is 17.8. The number of rotatable bonds is 7. The number of likely N-dealkylation sites (tertiary alicyclic amines) is 1. The Hall–Kier alpha value is -1.78. The van der Waals surface area contributed by atoms with Crippen LogP contribution in [0.1, 0.15) is 24.0 Å². The van der Waals surface area contributed by atoms with E-state index >= 15 is 0 Å². The van der Waals surface area contributed by atoms with Crippen LogP contribution in [0.4, 0.5) is 0 Å². The van der Waals surface area contributed by atoms with Crippen LogP contribution in [-0.4, -0.2) is 36.2 Å². The average molecular weight is 369 g/mol. The maximum Gasteiger partial charge on any atom is 0.224 e. The molecule has 2 aromatic rings. The minimum atomic E-state index is 0.120. The van der Waals surface area contributed by atoms with E-state index in [0.717, 1.165) is 44.8 Å². The minimum absolute atomic E-state index is 0.120. The van der Waals surface area contributed by atoms with E-state index in [2.05, 4.69) is 53.5 Å². The van der Waals surface area contributed by atoms with Crippen LogP contribution in [0.2, 0.25) is 0 Å². The highest BCUT2D eigenvalue weighted by Gasteiger charge is 2.25. The number of nitrogens with zero attached hydrogens (tertiary/aromatic N) is 1. The molecule has 1 unspecified atom stereocenters. The van der Waals surface area contributed by atoms with Crippen LogP contribution < -0.4 is 5.32 Å². The van der Waals surface area contributed by atoms with E-state index in [1.807, 2.05) is 18.2 Å². The first-order valence-corrected chi connectivity index (χ1v) is 10.4. The van der Waals surface area contributed by atoms with Gasteiger partial charge in [0.25, 0.3) is 0 Å². The summed E-state index contributed by atoms with van der Waals surface area (Å²) in [6, 6.07) is 18.9. The lowest BCUT2D eigenvalue weighted by Gasteiger charge is -2.32. The summed E-state index contributed by atoms with van der Waals surface area (Å²) in [7, 11) is 0. The van der Waals surface area contributed by atoms with Gasteiger partial charge in [-0.15, -0.1) is 11.8 Å². The molecule has 1 fully saturated rings. The molecule has 3 rings (SSSR count). The Bertz CT molecular complexity index is 704. The molecule has 0 aromatic heterocycles. The number of aryl methyl sites for hydroxylation is 1. The Morgan fingerprint density at radius 1 is 1.15 bits per heavy atom. The summed E-state index contributed by atoms with van der Waals surface area (Å²) >= 11 is 1.79. The first-order chi connectivity index (χ1) is 12.7. The van der Waals surface area contributed by atoms with Crippen LogP contribution in [-0.2, 0) is 11.3 Å². The summed E-state index contributed by atoms with van der Waals surface area (Å²) in [5, 5.41) is 3.13. The monoisotopic (exact) mass is 368 g/mol. The SMILES string of the molecule is Cc1ccccc1CN1CCCC(C(=O)NCCSc2ccccc2)C1. The molecule has 1 N–H and O–H groups in total. The van der Waals surface area contributed by atoms with Gasteiger partial charge in [0.05, 0.1) is 5.92 Å². The lowest BCUT2D eigenvalue weighted by atomic mass is 9.96. The molecule has 1 heterocycles. The molecule has 138 valence electrons. The standard InChI is InChI=1S/C22H28N2OS/c1-18-8-5-6-9-19(18)16-24-14-7-10-20(17-24)22(25)23-13-15-26-21-11-3-2-4-12-21/h2-6,8-9,11-12,20H,7,10,13-17H2,1H3,(H,23,25). The van der Waals surface area contributed by atoms with E-state index in [1.54, 1.807) is 11.8 Å². The number of carbonyl (C=O) groups is 1. The van der Waals surface area contributed by atoms with Gasteiger partial charge in [0.2, 0.25) is 5.91 Å². The van der Waals surface area contributed by atoms with E-state index in [1.165, 1.54) is 16.0 Å². The molecule has 1 amide bonds. The molecule has 1 aliphatic heterocycles. The van der Waals surface area contributed by atoms with E-state index in [0.29, 0.717) is 0 Å². The van der Waals surface area contributed by atoms with Crippen LogP contribution in [0.5, 0.6) is 0 Å². The summed E-state index contributed by atoms with van der Waals surface area (Å²) in [4.78, 5) is 16.2. The van der Waals surface area contributed by atoms with Crippen molar-refractivity contribution >= 4 is 17.7 Å². The lowest BCUT2D eigenvalue weighted by Crippen LogP contribution is -2.43. The van der Waals surface area contributed by atoms with Gasteiger partial charge in [-0.05, 0) is 49.6 Å². The molecular weight excluding hydrogens is 340 g/mol. The van der Waals surface area contributed by atoms with Gasteiger partial charge >= 0.3 is 0 Å². The molecule has 0 spiro atoms. The predicted molar refractivity (Wildman–Crippen MR) is 109 cm³/mol. The quantitative estimate of drug-likeness (QED) is 0.589. The summed E-state index contributed by atoms with van der Waals surface area (Å²) in [5.41, 5.74) is 2.70. The second-order valence-electron chi connectivity index (χ2n) is 6.95. The van der Waals surface area contributed by atoms with Gasteiger partial charge in [0, 0.05) is 30.3 Å². The number of carbonyl (C=O) groups excluding carboxylic acids is 1. The molecule has 0 radical (unpaired) electrons. The number of hydrogen-bond donors (Lipinski definition) is 1. The topological polar surface area (TPSA) is 32.3 Å². The van der Waals surface area contributed by atoms with E-state index in [9.17, 15) is 4.79 Å². The highest BCUT2D eigenvalue weighted by molar-refractivity contribution is 7.99. The molecule has 1 aliphatic rings. The molecule has 26 heavy (non-hydrogen) atoms. The fraction of sp³-hybridized carbons (Fsp3) is 0.409. The number of thioether (sulfide) groups is 1. The number of nitrogens with one attached hydrogen (secondary N) is 1. The third-order valence-electron chi connectivity index (χ3n) is 4.94. The third-order valence-corrected chi connectivity index (χ3v) is 5.96. The molecule has 3 nitrogen and oxygen atoms in total. The molecule has 4 heteroatoms. The number of hydrogen-bond acceptors (Lipinski definition) is 3. The van der Waals surface area contributed by atoms with Crippen molar-refractivity contribution < 1.29 is 4.79 Å². The molecular formula is C22H28N2OS. The van der Waals surface area contributed by atoms with Crippen molar-refractivity contribution in [3.05, 3.63) is 65.7 Å². The van der Waals surface area contributed by atoms with Crippen molar-refractivity contribution in [2.45, 2.75) is 31.2 Å². The van der Waals surface area contributed by atoms with Gasteiger partial charge in [0.1, 0.15) is 0 Å². The van der Waals surface area contributed by atoms with Crippen molar-refractivity contribution in [1.82, 2.24) is 10.2 Å². The third kappa shape index (κ3) is 5.61. The first kappa shape index (κ1) is 19.0. The Labute approximate surface area is 161 Å². The number of piperidine rings is 1. The fourth-order valence-electron chi connectivity index (χ4n) is 3.45. The molecule has 2 aromatic carbocycles. The van der Waals surface area contributed by atoms with Crippen molar-refractivity contribution in [3.63, 3.8) is 0 Å². The first-order valence-electron chi connectivity index (χ1n) is 9.45. The van der Waals surface area contributed by atoms with Gasteiger partial charge in [0.15, 0.2) is 0 Å². The lowest BCUT2D eigenvalue weighted by molar-refractivity contribution is -0.126. The Kier molecular flexibility index (Phi) is 7.15. The summed E-state index contributed by atoms with van der Waals surface area (Å²) in [5.74, 6) is 1.25. The van der Waals surface area contributed by atoms with E-state index in [4.69, 9.17) is 0 Å². The van der Waals surface area contributed by atoms with Gasteiger partial charge < -0.3 is 5.32 Å². The van der Waals surface area contributed by atoms with Crippen molar-refractivity contribution in [1.29, 1.82) is 0 Å². The molecule has 0 aliphatic carbocycles. The Balaban J connectivity index is 1.42. The second kappa shape index (κ2) is 9.79.